The van der Waals surface area contributed by atoms with Crippen LogP contribution in [-0.2, 0) is 17.6 Å². The molecule has 0 saturated heterocycles. The van der Waals surface area contributed by atoms with Crippen LogP contribution in [0.15, 0.2) is 18.2 Å². The zero-order valence-corrected chi connectivity index (χ0v) is 19.2. The highest BCUT2D eigenvalue weighted by Gasteiger charge is 2.34. The summed E-state index contributed by atoms with van der Waals surface area (Å²) in [7, 11) is 0. The molecule has 0 fully saturated rings. The van der Waals surface area contributed by atoms with Crippen LogP contribution in [0.1, 0.15) is 72.5 Å². The summed E-state index contributed by atoms with van der Waals surface area (Å²) in [5, 5.41) is 6.75. The van der Waals surface area contributed by atoms with Crippen LogP contribution in [0.3, 0.4) is 0 Å². The predicted molar refractivity (Wildman–Crippen MR) is 122 cm³/mol. The molecule has 0 aliphatic heterocycles. The summed E-state index contributed by atoms with van der Waals surface area (Å²) in [5.41, 5.74) is 5.02. The number of carbonyl (C=O) groups is 2. The number of hydrogen-bond acceptors (Lipinski definition) is 3. The lowest BCUT2D eigenvalue weighted by Gasteiger charge is -2.33. The highest BCUT2D eigenvalue weighted by molar-refractivity contribution is 7.17. The number of amides is 2. The minimum atomic E-state index is -0.130. The van der Waals surface area contributed by atoms with Gasteiger partial charge in [0.25, 0.3) is 5.91 Å². The first kappa shape index (κ1) is 21.6. The van der Waals surface area contributed by atoms with Crippen LogP contribution < -0.4 is 10.6 Å². The van der Waals surface area contributed by atoms with Crippen molar-refractivity contribution in [2.45, 2.75) is 67.2 Å². The van der Waals surface area contributed by atoms with Crippen molar-refractivity contribution in [3.05, 3.63) is 45.3 Å². The number of anilines is 2. The third-order valence-electron chi connectivity index (χ3n) is 5.92. The fraction of sp³-hybridized carbons (Fsp3) is 0.500. The first-order chi connectivity index (χ1) is 13.6. The van der Waals surface area contributed by atoms with E-state index in [1.54, 1.807) is 11.3 Å². The van der Waals surface area contributed by atoms with Gasteiger partial charge in [0.05, 0.1) is 5.56 Å². The van der Waals surface area contributed by atoms with E-state index in [0.717, 1.165) is 41.6 Å². The van der Waals surface area contributed by atoms with Gasteiger partial charge in [-0.15, -0.1) is 11.3 Å². The SMILES string of the molecule is CCC(=O)Nc1sc2c(c1C(=O)Nc1ccc(C)cc1C)CC[C@H](C(C)(C)C)C2. The number of carbonyl (C=O) groups excluding carboxylic acids is 2. The molecule has 156 valence electrons. The zero-order chi connectivity index (χ0) is 21.3. The van der Waals surface area contributed by atoms with Crippen LogP contribution >= 0.6 is 11.3 Å². The van der Waals surface area contributed by atoms with Gasteiger partial charge in [-0.3, -0.25) is 9.59 Å². The van der Waals surface area contributed by atoms with Gasteiger partial charge in [-0.25, -0.2) is 0 Å². The molecule has 0 unspecified atom stereocenters. The number of rotatable bonds is 4. The highest BCUT2D eigenvalue weighted by Crippen LogP contribution is 2.44. The quantitative estimate of drug-likeness (QED) is 0.636. The molecule has 5 heteroatoms. The van der Waals surface area contributed by atoms with Crippen LogP contribution in [0.5, 0.6) is 0 Å². The van der Waals surface area contributed by atoms with E-state index in [1.807, 2.05) is 32.9 Å². The van der Waals surface area contributed by atoms with E-state index in [1.165, 1.54) is 4.88 Å². The Morgan fingerprint density at radius 2 is 1.90 bits per heavy atom. The van der Waals surface area contributed by atoms with Gasteiger partial charge in [-0.1, -0.05) is 45.4 Å². The van der Waals surface area contributed by atoms with E-state index >= 15 is 0 Å². The topological polar surface area (TPSA) is 58.2 Å². The Balaban J connectivity index is 1.96. The van der Waals surface area contributed by atoms with Crippen molar-refractivity contribution < 1.29 is 9.59 Å². The lowest BCUT2D eigenvalue weighted by atomic mass is 9.72. The Morgan fingerprint density at radius 1 is 1.17 bits per heavy atom. The van der Waals surface area contributed by atoms with Gasteiger partial charge >= 0.3 is 0 Å². The Labute approximate surface area is 178 Å². The number of aryl methyl sites for hydroxylation is 2. The van der Waals surface area contributed by atoms with Crippen molar-refractivity contribution in [2.24, 2.45) is 11.3 Å². The van der Waals surface area contributed by atoms with E-state index in [4.69, 9.17) is 0 Å². The molecular weight excluding hydrogens is 380 g/mol. The average Bonchev–Trinajstić information content (AvgIpc) is 3.00. The molecule has 2 aromatic rings. The van der Waals surface area contributed by atoms with Crippen LogP contribution in [0.4, 0.5) is 10.7 Å². The molecule has 1 heterocycles. The van der Waals surface area contributed by atoms with Crippen LogP contribution in [0, 0.1) is 25.2 Å². The third kappa shape index (κ3) is 4.72. The standard InChI is InChI=1S/C24H32N2O2S/c1-7-20(27)26-23-21(22(28)25-18-11-8-14(2)12-15(18)3)17-10-9-16(24(4,5)6)13-19(17)29-23/h8,11-12,16H,7,9-10,13H2,1-6H3,(H,25,28)(H,26,27)/t16-/m0/s1. The maximum absolute atomic E-state index is 13.3. The molecule has 1 atom stereocenters. The number of nitrogens with one attached hydrogen (secondary N) is 2. The number of hydrogen-bond donors (Lipinski definition) is 2. The summed E-state index contributed by atoms with van der Waals surface area (Å²) in [6.45, 7) is 12.7. The Morgan fingerprint density at radius 3 is 2.52 bits per heavy atom. The van der Waals surface area contributed by atoms with Gasteiger partial charge in [0.1, 0.15) is 5.00 Å². The number of fused-ring (bicyclic) bond motifs is 1. The Kier molecular flexibility index (Phi) is 6.18. The monoisotopic (exact) mass is 412 g/mol. The summed E-state index contributed by atoms with van der Waals surface area (Å²) in [5.74, 6) is 0.394. The molecule has 2 amide bonds. The van der Waals surface area contributed by atoms with E-state index in [-0.39, 0.29) is 17.2 Å². The summed E-state index contributed by atoms with van der Waals surface area (Å²) in [4.78, 5) is 26.6. The molecule has 1 aliphatic rings. The third-order valence-corrected chi connectivity index (χ3v) is 7.09. The van der Waals surface area contributed by atoms with E-state index in [0.29, 0.717) is 22.9 Å². The van der Waals surface area contributed by atoms with Gasteiger partial charge in [0.15, 0.2) is 0 Å². The van der Waals surface area contributed by atoms with E-state index in [9.17, 15) is 9.59 Å². The molecule has 0 radical (unpaired) electrons. The summed E-state index contributed by atoms with van der Waals surface area (Å²) >= 11 is 1.58. The second-order valence-corrected chi connectivity index (χ2v) is 10.3. The summed E-state index contributed by atoms with van der Waals surface area (Å²) < 4.78 is 0. The first-order valence-corrected chi connectivity index (χ1v) is 11.2. The molecule has 1 aromatic carbocycles. The second kappa shape index (κ2) is 8.31. The maximum Gasteiger partial charge on any atom is 0.258 e. The number of thiophene rings is 1. The molecule has 1 aliphatic carbocycles. The minimum Gasteiger partial charge on any atom is -0.322 e. The lowest BCUT2D eigenvalue weighted by molar-refractivity contribution is -0.115. The lowest BCUT2D eigenvalue weighted by Crippen LogP contribution is -2.27. The van der Waals surface area contributed by atoms with Crippen LogP contribution in [0.25, 0.3) is 0 Å². The second-order valence-electron chi connectivity index (χ2n) is 9.19. The molecule has 0 spiro atoms. The number of benzene rings is 1. The maximum atomic E-state index is 13.3. The van der Waals surface area contributed by atoms with Gasteiger partial charge < -0.3 is 10.6 Å². The molecule has 0 bridgehead atoms. The molecule has 29 heavy (non-hydrogen) atoms. The fourth-order valence-electron chi connectivity index (χ4n) is 4.01. The molecular formula is C24H32N2O2S. The van der Waals surface area contributed by atoms with Gasteiger partial charge in [0, 0.05) is 17.0 Å². The van der Waals surface area contributed by atoms with E-state index < -0.39 is 0 Å². The van der Waals surface area contributed by atoms with Crippen molar-refractivity contribution in [1.29, 1.82) is 0 Å². The van der Waals surface area contributed by atoms with Crippen molar-refractivity contribution >= 4 is 33.8 Å². The van der Waals surface area contributed by atoms with Crippen molar-refractivity contribution in [3.63, 3.8) is 0 Å². The van der Waals surface area contributed by atoms with Crippen LogP contribution in [-0.4, -0.2) is 11.8 Å². The van der Waals surface area contributed by atoms with Crippen molar-refractivity contribution in [1.82, 2.24) is 0 Å². The predicted octanol–water partition coefficient (Wildman–Crippen LogP) is 6.12. The molecule has 1 aromatic heterocycles. The van der Waals surface area contributed by atoms with Gasteiger partial charge in [-0.05, 0) is 61.6 Å². The Bertz CT molecular complexity index is 937. The van der Waals surface area contributed by atoms with E-state index in [2.05, 4.69) is 37.5 Å². The summed E-state index contributed by atoms with van der Waals surface area (Å²) in [6.07, 6.45) is 3.31. The molecule has 3 rings (SSSR count). The van der Waals surface area contributed by atoms with Gasteiger partial charge in [-0.2, -0.15) is 0 Å². The largest absolute Gasteiger partial charge is 0.322 e. The average molecular weight is 413 g/mol. The van der Waals surface area contributed by atoms with Gasteiger partial charge in [0.2, 0.25) is 5.91 Å². The normalized spacial score (nSPS) is 16.3. The molecule has 0 saturated carbocycles. The van der Waals surface area contributed by atoms with Crippen molar-refractivity contribution in [2.75, 3.05) is 10.6 Å². The Hall–Kier alpha value is -2.14. The first-order valence-electron chi connectivity index (χ1n) is 10.4. The fourth-order valence-corrected chi connectivity index (χ4v) is 5.35. The van der Waals surface area contributed by atoms with Crippen molar-refractivity contribution in [3.8, 4) is 0 Å². The summed E-state index contributed by atoms with van der Waals surface area (Å²) in [6, 6.07) is 6.01. The minimum absolute atomic E-state index is 0.0588. The zero-order valence-electron chi connectivity index (χ0n) is 18.4. The highest BCUT2D eigenvalue weighted by atomic mass is 32.1. The van der Waals surface area contributed by atoms with Crippen LogP contribution in [0.2, 0.25) is 0 Å². The molecule has 4 nitrogen and oxygen atoms in total. The smallest absolute Gasteiger partial charge is 0.258 e. The molecule has 2 N–H and O–H groups in total.